The molecule has 0 radical (unpaired) electrons. The highest BCUT2D eigenvalue weighted by Crippen LogP contribution is 2.30. The number of nitrogens with zero attached hydrogens (tertiary/aromatic N) is 1. The van der Waals surface area contributed by atoms with Gasteiger partial charge in [0, 0.05) is 47.3 Å². The minimum Gasteiger partial charge on any atom is -0.493 e. The van der Waals surface area contributed by atoms with E-state index < -0.39 is 0 Å². The van der Waals surface area contributed by atoms with E-state index in [9.17, 15) is 4.79 Å². The number of amides is 1. The molecule has 1 amide bonds. The first-order valence-corrected chi connectivity index (χ1v) is 11.7. The van der Waals surface area contributed by atoms with Crippen LogP contribution in [-0.2, 0) is 0 Å². The Kier molecular flexibility index (Phi) is 8.93. The summed E-state index contributed by atoms with van der Waals surface area (Å²) in [6, 6.07) is 23.6. The average molecular weight is 462 g/mol. The first-order chi connectivity index (χ1) is 16.4. The zero-order valence-electron chi connectivity index (χ0n) is 20.7. The number of ether oxygens (including phenoxy) is 2. The fraction of sp³-hybridized carbons (Fsp3) is 0.321. The van der Waals surface area contributed by atoms with Crippen LogP contribution in [0, 0.1) is 0 Å². The molecule has 6 heteroatoms. The van der Waals surface area contributed by atoms with Crippen LogP contribution in [0.5, 0.6) is 11.5 Å². The number of hydrogen-bond acceptors (Lipinski definition) is 5. The molecule has 2 N–H and O–H groups in total. The number of anilines is 3. The fourth-order valence-corrected chi connectivity index (χ4v) is 3.84. The molecular weight excluding hydrogens is 426 g/mol. The van der Waals surface area contributed by atoms with Gasteiger partial charge in [-0.05, 0) is 76.2 Å². The van der Waals surface area contributed by atoms with E-state index in [-0.39, 0.29) is 5.91 Å². The Balaban J connectivity index is 1.62. The van der Waals surface area contributed by atoms with E-state index >= 15 is 0 Å². The maximum absolute atomic E-state index is 12.8. The molecule has 0 unspecified atom stereocenters. The van der Waals surface area contributed by atoms with Gasteiger partial charge >= 0.3 is 0 Å². The Morgan fingerprint density at radius 1 is 0.824 bits per heavy atom. The molecule has 3 aromatic carbocycles. The van der Waals surface area contributed by atoms with Gasteiger partial charge in [0.1, 0.15) is 6.61 Å². The van der Waals surface area contributed by atoms with Gasteiger partial charge in [-0.25, -0.2) is 0 Å². The van der Waals surface area contributed by atoms with E-state index in [1.807, 2.05) is 48.5 Å². The Hall–Kier alpha value is -3.51. The second-order valence-corrected chi connectivity index (χ2v) is 8.66. The summed E-state index contributed by atoms with van der Waals surface area (Å²) in [6.07, 6.45) is 0. The second-order valence-electron chi connectivity index (χ2n) is 8.66. The van der Waals surface area contributed by atoms with Gasteiger partial charge in [0.2, 0.25) is 0 Å². The highest BCUT2D eigenvalue weighted by atomic mass is 16.5. The third kappa shape index (κ3) is 6.99. The predicted molar refractivity (Wildman–Crippen MR) is 140 cm³/mol. The van der Waals surface area contributed by atoms with Crippen LogP contribution >= 0.6 is 0 Å². The van der Waals surface area contributed by atoms with E-state index in [0.29, 0.717) is 41.4 Å². The summed E-state index contributed by atoms with van der Waals surface area (Å²) < 4.78 is 11.5. The summed E-state index contributed by atoms with van der Waals surface area (Å²) >= 11 is 0. The monoisotopic (exact) mass is 461 g/mol. The van der Waals surface area contributed by atoms with Crippen LogP contribution in [0.3, 0.4) is 0 Å². The van der Waals surface area contributed by atoms with Crippen LogP contribution in [0.25, 0.3) is 0 Å². The lowest BCUT2D eigenvalue weighted by Crippen LogP contribution is -2.39. The van der Waals surface area contributed by atoms with Crippen molar-refractivity contribution in [2.24, 2.45) is 0 Å². The van der Waals surface area contributed by atoms with Crippen LogP contribution in [0.2, 0.25) is 0 Å². The van der Waals surface area contributed by atoms with E-state index in [0.717, 1.165) is 17.9 Å². The molecule has 3 aromatic rings. The van der Waals surface area contributed by atoms with E-state index in [1.54, 1.807) is 31.4 Å². The van der Waals surface area contributed by atoms with E-state index in [4.69, 9.17) is 9.47 Å². The van der Waals surface area contributed by atoms with Crippen molar-refractivity contribution in [3.05, 3.63) is 78.4 Å². The second kappa shape index (κ2) is 12.1. The first-order valence-electron chi connectivity index (χ1n) is 11.7. The molecule has 0 saturated heterocycles. The molecule has 0 aliphatic heterocycles. The summed E-state index contributed by atoms with van der Waals surface area (Å²) in [5.74, 6) is 1.05. The predicted octanol–water partition coefficient (Wildman–Crippen LogP) is 6.19. The van der Waals surface area contributed by atoms with Crippen LogP contribution in [0.15, 0.2) is 72.8 Å². The van der Waals surface area contributed by atoms with Crippen LogP contribution in [0.4, 0.5) is 17.1 Å². The highest BCUT2D eigenvalue weighted by Gasteiger charge is 2.14. The lowest BCUT2D eigenvalue weighted by atomic mass is 10.1. The largest absolute Gasteiger partial charge is 0.493 e. The van der Waals surface area contributed by atoms with Gasteiger partial charge in [0.25, 0.3) is 5.91 Å². The number of rotatable bonds is 11. The minimum absolute atomic E-state index is 0.187. The molecule has 6 nitrogen and oxygen atoms in total. The molecule has 0 atom stereocenters. The van der Waals surface area contributed by atoms with Crippen molar-refractivity contribution in [2.75, 3.05) is 30.9 Å². The van der Waals surface area contributed by atoms with Crippen molar-refractivity contribution < 1.29 is 14.3 Å². The Morgan fingerprint density at radius 2 is 1.44 bits per heavy atom. The molecule has 180 valence electrons. The lowest BCUT2D eigenvalue weighted by molar-refractivity contribution is 0.102. The summed E-state index contributed by atoms with van der Waals surface area (Å²) in [7, 11) is 1.61. The zero-order chi connectivity index (χ0) is 24.5. The lowest BCUT2D eigenvalue weighted by Gasteiger charge is -2.30. The maximum atomic E-state index is 12.8. The van der Waals surface area contributed by atoms with E-state index in [1.165, 1.54) is 0 Å². The number of para-hydroxylation sites is 1. The molecule has 0 heterocycles. The molecule has 0 fully saturated rings. The van der Waals surface area contributed by atoms with Crippen molar-refractivity contribution >= 4 is 23.0 Å². The first kappa shape index (κ1) is 25.1. The number of carbonyl (C=O) groups excluding carboxylic acids is 1. The van der Waals surface area contributed by atoms with Crippen molar-refractivity contribution in [1.82, 2.24) is 4.90 Å². The van der Waals surface area contributed by atoms with Gasteiger partial charge in [0.15, 0.2) is 11.5 Å². The van der Waals surface area contributed by atoms with Crippen molar-refractivity contribution in [3.63, 3.8) is 0 Å². The van der Waals surface area contributed by atoms with Gasteiger partial charge in [-0.2, -0.15) is 0 Å². The zero-order valence-corrected chi connectivity index (χ0v) is 20.7. The van der Waals surface area contributed by atoms with Crippen molar-refractivity contribution in [2.45, 2.75) is 39.8 Å². The minimum atomic E-state index is -0.187. The third-order valence-corrected chi connectivity index (χ3v) is 5.56. The molecule has 0 aliphatic carbocycles. The molecule has 0 bridgehead atoms. The van der Waals surface area contributed by atoms with Crippen LogP contribution in [-0.4, -0.2) is 43.2 Å². The van der Waals surface area contributed by atoms with Gasteiger partial charge in [-0.15, -0.1) is 0 Å². The molecule has 0 saturated carbocycles. The Labute approximate surface area is 202 Å². The summed E-state index contributed by atoms with van der Waals surface area (Å²) in [6.45, 7) is 10.1. The van der Waals surface area contributed by atoms with Crippen molar-refractivity contribution in [1.29, 1.82) is 0 Å². The Bertz CT molecular complexity index is 1040. The maximum Gasteiger partial charge on any atom is 0.255 e. The summed E-state index contributed by atoms with van der Waals surface area (Å²) in [4.78, 5) is 15.2. The standard InChI is InChI=1S/C28H35N3O3/c1-20(2)31(21(3)4)17-18-34-27-19-25(15-16-26(27)33-5)30-28(32)22-11-13-24(14-12-22)29-23-9-7-6-8-10-23/h6-16,19-21,29H,17-18H2,1-5H3,(H,30,32). The molecule has 3 rings (SSSR count). The number of benzene rings is 3. The molecule has 0 spiro atoms. The molecular formula is C28H35N3O3. The molecule has 0 aromatic heterocycles. The Morgan fingerprint density at radius 3 is 2.06 bits per heavy atom. The molecule has 0 aliphatic rings. The topological polar surface area (TPSA) is 62.8 Å². The summed E-state index contributed by atoms with van der Waals surface area (Å²) in [5.41, 5.74) is 3.13. The van der Waals surface area contributed by atoms with Crippen molar-refractivity contribution in [3.8, 4) is 11.5 Å². The van der Waals surface area contributed by atoms with Gasteiger partial charge in [-0.3, -0.25) is 9.69 Å². The smallest absolute Gasteiger partial charge is 0.255 e. The number of carbonyl (C=O) groups is 1. The van der Waals surface area contributed by atoms with Gasteiger partial charge in [-0.1, -0.05) is 18.2 Å². The van der Waals surface area contributed by atoms with Crippen LogP contribution < -0.4 is 20.1 Å². The fourth-order valence-electron chi connectivity index (χ4n) is 3.84. The van der Waals surface area contributed by atoms with Gasteiger partial charge < -0.3 is 20.1 Å². The SMILES string of the molecule is COc1ccc(NC(=O)c2ccc(Nc3ccccc3)cc2)cc1OCCN(C(C)C)C(C)C. The van der Waals surface area contributed by atoms with E-state index in [2.05, 4.69) is 43.2 Å². The number of nitrogens with one attached hydrogen (secondary N) is 2. The van der Waals surface area contributed by atoms with Crippen LogP contribution in [0.1, 0.15) is 38.1 Å². The number of hydrogen-bond donors (Lipinski definition) is 2. The molecule has 34 heavy (non-hydrogen) atoms. The normalized spacial score (nSPS) is 11.1. The summed E-state index contributed by atoms with van der Waals surface area (Å²) in [5, 5.41) is 6.26. The average Bonchev–Trinajstić information content (AvgIpc) is 2.82. The quantitative estimate of drug-likeness (QED) is 0.357. The highest BCUT2D eigenvalue weighted by molar-refractivity contribution is 6.04. The van der Waals surface area contributed by atoms with Gasteiger partial charge in [0.05, 0.1) is 7.11 Å². The third-order valence-electron chi connectivity index (χ3n) is 5.56. The number of methoxy groups -OCH3 is 1.